The SMILES string of the molecule is CCCCCCCCCCCCCCCc1cccc(OC(C)C)c1C1C(C(=O)OCC)C(C)=NC(=S)N1C(=O)CC. The van der Waals surface area contributed by atoms with Crippen molar-refractivity contribution >= 4 is 34.9 Å². The molecule has 0 bridgehead atoms. The van der Waals surface area contributed by atoms with E-state index in [9.17, 15) is 9.59 Å². The van der Waals surface area contributed by atoms with Crippen LogP contribution in [-0.2, 0) is 20.7 Å². The third-order valence-electron chi connectivity index (χ3n) is 8.00. The van der Waals surface area contributed by atoms with E-state index in [1.54, 1.807) is 20.8 Å². The predicted octanol–water partition coefficient (Wildman–Crippen LogP) is 9.33. The van der Waals surface area contributed by atoms with Gasteiger partial charge < -0.3 is 9.47 Å². The Kier molecular flexibility index (Phi) is 16.9. The van der Waals surface area contributed by atoms with Gasteiger partial charge in [0.25, 0.3) is 0 Å². The molecule has 1 amide bonds. The molecule has 0 aromatic heterocycles. The standard InChI is InChI=1S/C35H56N2O4S/c1-7-10-11-12-13-14-15-16-17-18-19-20-21-23-28-24-22-25-29(41-26(4)5)32(28)33-31(34(39)40-9-3)27(6)36-35(42)37(33)30(38)8-2/h22,24-26,31,33H,7-21,23H2,1-6H3. The highest BCUT2D eigenvalue weighted by Crippen LogP contribution is 2.42. The van der Waals surface area contributed by atoms with Gasteiger partial charge >= 0.3 is 5.97 Å². The average Bonchev–Trinajstić information content (AvgIpc) is 2.94. The Labute approximate surface area is 261 Å². The van der Waals surface area contributed by atoms with E-state index in [2.05, 4.69) is 18.0 Å². The van der Waals surface area contributed by atoms with E-state index >= 15 is 0 Å². The summed E-state index contributed by atoms with van der Waals surface area (Å²) < 4.78 is 11.8. The minimum absolute atomic E-state index is 0.0722. The molecule has 2 atom stereocenters. The molecule has 0 saturated heterocycles. The van der Waals surface area contributed by atoms with Crippen LogP contribution in [0, 0.1) is 5.92 Å². The number of aryl methyl sites for hydroxylation is 1. The number of hydrogen-bond acceptors (Lipinski definition) is 5. The van der Waals surface area contributed by atoms with E-state index in [1.165, 1.54) is 75.5 Å². The largest absolute Gasteiger partial charge is 0.491 e. The maximum Gasteiger partial charge on any atom is 0.317 e. The van der Waals surface area contributed by atoms with Gasteiger partial charge in [-0.3, -0.25) is 14.5 Å². The molecule has 2 rings (SSSR count). The molecule has 0 radical (unpaired) electrons. The number of ether oxygens (including phenoxy) is 2. The Morgan fingerprint density at radius 1 is 0.905 bits per heavy atom. The minimum atomic E-state index is -0.755. The molecule has 42 heavy (non-hydrogen) atoms. The molecule has 1 aliphatic heterocycles. The molecule has 0 fully saturated rings. The number of rotatable bonds is 20. The van der Waals surface area contributed by atoms with Gasteiger partial charge in [-0.25, -0.2) is 4.99 Å². The normalized spacial score (nSPS) is 17.0. The maximum absolute atomic E-state index is 13.4. The van der Waals surface area contributed by atoms with Gasteiger partial charge in [-0.1, -0.05) is 103 Å². The van der Waals surface area contributed by atoms with Crippen LogP contribution in [-0.4, -0.2) is 40.3 Å². The van der Waals surface area contributed by atoms with Crippen molar-refractivity contribution in [2.75, 3.05) is 6.61 Å². The number of carbonyl (C=O) groups excluding carboxylic acids is 2. The Bertz CT molecular complexity index is 1020. The van der Waals surface area contributed by atoms with Gasteiger partial charge in [0.1, 0.15) is 11.7 Å². The van der Waals surface area contributed by atoms with Crippen molar-refractivity contribution in [1.82, 2.24) is 4.90 Å². The highest BCUT2D eigenvalue weighted by molar-refractivity contribution is 7.80. The van der Waals surface area contributed by atoms with E-state index in [0.29, 0.717) is 11.5 Å². The van der Waals surface area contributed by atoms with Gasteiger partial charge in [-0.15, -0.1) is 0 Å². The van der Waals surface area contributed by atoms with Crippen LogP contribution in [0.15, 0.2) is 23.2 Å². The average molecular weight is 601 g/mol. The fraction of sp³-hybridized carbons (Fsp3) is 0.714. The zero-order valence-corrected chi connectivity index (χ0v) is 28.0. The second kappa shape index (κ2) is 19.8. The summed E-state index contributed by atoms with van der Waals surface area (Å²) in [6.45, 7) is 11.9. The van der Waals surface area contributed by atoms with Crippen LogP contribution in [0.4, 0.5) is 0 Å². The first-order valence-electron chi connectivity index (χ1n) is 16.6. The smallest absolute Gasteiger partial charge is 0.317 e. The molecule has 1 aromatic rings. The van der Waals surface area contributed by atoms with Gasteiger partial charge in [0.05, 0.1) is 18.8 Å². The summed E-state index contributed by atoms with van der Waals surface area (Å²) >= 11 is 5.62. The van der Waals surface area contributed by atoms with Crippen molar-refractivity contribution in [3.63, 3.8) is 0 Å². The molecule has 1 aliphatic rings. The Morgan fingerprint density at radius 3 is 2.00 bits per heavy atom. The molecule has 0 aliphatic carbocycles. The lowest BCUT2D eigenvalue weighted by Crippen LogP contribution is -2.50. The van der Waals surface area contributed by atoms with Crippen LogP contribution in [0.3, 0.4) is 0 Å². The lowest BCUT2D eigenvalue weighted by molar-refractivity contribution is -0.148. The molecule has 1 heterocycles. The van der Waals surface area contributed by atoms with Crippen LogP contribution in [0.5, 0.6) is 5.75 Å². The number of benzene rings is 1. The van der Waals surface area contributed by atoms with Crippen molar-refractivity contribution < 1.29 is 19.1 Å². The first-order chi connectivity index (χ1) is 20.3. The summed E-state index contributed by atoms with van der Waals surface area (Å²) in [6.07, 6.45) is 17.9. The first-order valence-corrected chi connectivity index (χ1v) is 17.0. The topological polar surface area (TPSA) is 68.2 Å². The highest BCUT2D eigenvalue weighted by Gasteiger charge is 2.46. The fourth-order valence-electron chi connectivity index (χ4n) is 5.86. The van der Waals surface area contributed by atoms with E-state index < -0.39 is 17.9 Å². The van der Waals surface area contributed by atoms with Crippen LogP contribution >= 0.6 is 12.2 Å². The molecule has 1 aromatic carbocycles. The summed E-state index contributed by atoms with van der Waals surface area (Å²) in [7, 11) is 0. The number of amides is 1. The van der Waals surface area contributed by atoms with Gasteiger partial charge in [-0.2, -0.15) is 0 Å². The second-order valence-electron chi connectivity index (χ2n) is 11.8. The van der Waals surface area contributed by atoms with E-state index in [0.717, 1.165) is 30.4 Å². The lowest BCUT2D eigenvalue weighted by atomic mass is 9.83. The maximum atomic E-state index is 13.4. The molecule has 6 nitrogen and oxygen atoms in total. The summed E-state index contributed by atoms with van der Waals surface area (Å²) in [4.78, 5) is 32.7. The predicted molar refractivity (Wildman–Crippen MR) is 177 cm³/mol. The van der Waals surface area contributed by atoms with Crippen molar-refractivity contribution in [2.24, 2.45) is 10.9 Å². The third-order valence-corrected chi connectivity index (χ3v) is 8.29. The number of esters is 1. The molecule has 236 valence electrons. The number of carbonyl (C=O) groups is 2. The molecule has 0 N–H and O–H groups in total. The molecular weight excluding hydrogens is 544 g/mol. The van der Waals surface area contributed by atoms with Crippen molar-refractivity contribution in [1.29, 1.82) is 0 Å². The lowest BCUT2D eigenvalue weighted by Gasteiger charge is -2.40. The van der Waals surface area contributed by atoms with Gasteiger partial charge in [0, 0.05) is 17.7 Å². The fourth-order valence-corrected chi connectivity index (χ4v) is 6.22. The monoisotopic (exact) mass is 600 g/mol. The Hall–Kier alpha value is -2.28. The summed E-state index contributed by atoms with van der Waals surface area (Å²) in [5.74, 6) is -0.634. The van der Waals surface area contributed by atoms with Gasteiger partial charge in [-0.05, 0) is 64.4 Å². The number of nitrogens with zero attached hydrogens (tertiary/aromatic N) is 2. The molecule has 0 spiro atoms. The molecule has 0 saturated carbocycles. The zero-order valence-electron chi connectivity index (χ0n) is 27.2. The second-order valence-corrected chi connectivity index (χ2v) is 12.2. The van der Waals surface area contributed by atoms with Crippen molar-refractivity contribution in [3.05, 3.63) is 29.3 Å². The Morgan fingerprint density at radius 2 is 1.48 bits per heavy atom. The van der Waals surface area contributed by atoms with Crippen molar-refractivity contribution in [3.8, 4) is 5.75 Å². The minimum Gasteiger partial charge on any atom is -0.491 e. The van der Waals surface area contributed by atoms with Crippen LogP contribution < -0.4 is 4.74 Å². The summed E-state index contributed by atoms with van der Waals surface area (Å²) in [5.41, 5.74) is 2.50. The van der Waals surface area contributed by atoms with Crippen LogP contribution in [0.25, 0.3) is 0 Å². The van der Waals surface area contributed by atoms with Crippen molar-refractivity contribution in [2.45, 2.75) is 150 Å². The van der Waals surface area contributed by atoms with Gasteiger partial charge in [0.15, 0.2) is 0 Å². The number of aliphatic imine (C=N–C) groups is 1. The zero-order chi connectivity index (χ0) is 30.9. The molecule has 7 heteroatoms. The van der Waals surface area contributed by atoms with Crippen LogP contribution in [0.2, 0.25) is 0 Å². The van der Waals surface area contributed by atoms with E-state index in [4.69, 9.17) is 21.7 Å². The summed E-state index contributed by atoms with van der Waals surface area (Å²) in [5, 5.41) is 0.191. The first kappa shape index (κ1) is 35.9. The number of unbranched alkanes of at least 4 members (excludes halogenated alkanes) is 12. The molecular formula is C35H56N2O4S. The van der Waals surface area contributed by atoms with E-state index in [-0.39, 0.29) is 30.2 Å². The Balaban J connectivity index is 2.17. The quantitative estimate of drug-likeness (QED) is 0.0847. The third kappa shape index (κ3) is 11.1. The van der Waals surface area contributed by atoms with Gasteiger partial charge in [0.2, 0.25) is 11.0 Å². The number of hydrogen-bond donors (Lipinski definition) is 0. The van der Waals surface area contributed by atoms with E-state index in [1.807, 2.05) is 26.0 Å². The highest BCUT2D eigenvalue weighted by atomic mass is 32.1. The van der Waals surface area contributed by atoms with Crippen LogP contribution in [0.1, 0.15) is 149 Å². The number of thiocarbonyl (C=S) groups is 1. The molecule has 2 unspecified atom stereocenters. The summed E-state index contributed by atoms with van der Waals surface area (Å²) in [6, 6.07) is 5.38.